The molecule has 0 saturated carbocycles. The molecule has 4 aromatic rings. The number of rotatable bonds is 10. The van der Waals surface area contributed by atoms with Gasteiger partial charge in [0.1, 0.15) is 23.4 Å². The number of ether oxygens (including phenoxy) is 2. The van der Waals surface area contributed by atoms with E-state index in [9.17, 15) is 20.4 Å². The summed E-state index contributed by atoms with van der Waals surface area (Å²) in [5.41, 5.74) is 5.41. The van der Waals surface area contributed by atoms with Gasteiger partial charge in [0.15, 0.2) is 11.5 Å². The van der Waals surface area contributed by atoms with Crippen molar-refractivity contribution in [2.75, 3.05) is 6.61 Å². The van der Waals surface area contributed by atoms with Crippen molar-refractivity contribution >= 4 is 0 Å². The first-order chi connectivity index (χ1) is 19.9. The second-order valence-electron chi connectivity index (χ2n) is 10.2. The van der Waals surface area contributed by atoms with Crippen LogP contribution in [0.15, 0.2) is 92.0 Å². The minimum absolute atomic E-state index is 0.0222. The average molecular weight is 551 g/mol. The first-order valence-corrected chi connectivity index (χ1v) is 13.7. The third kappa shape index (κ3) is 5.39. The van der Waals surface area contributed by atoms with Crippen molar-refractivity contribution in [2.45, 2.75) is 38.2 Å². The lowest BCUT2D eigenvalue weighted by Crippen LogP contribution is -2.24. The van der Waals surface area contributed by atoms with Crippen molar-refractivity contribution in [3.63, 3.8) is 0 Å². The standard InChI is InChI=1S/C35H34O6/c1-4-7-22-9-13-25(14-10-22)40-30-19-23(8-5-2)33-32(31(20-36)41-35(33)34(30)39)24-12-16-29(38)27(18-24)26-17-21(6-3)11-15-28(26)37/h4-5,9-19,31-32,36-39H,1-2,6-8,20H2,3H3/t31-,32+/m0/s1. The van der Waals surface area contributed by atoms with Crippen LogP contribution in [0.3, 0.4) is 0 Å². The van der Waals surface area contributed by atoms with Crippen LogP contribution in [0, 0.1) is 0 Å². The molecule has 0 fully saturated rings. The first kappa shape index (κ1) is 27.9. The van der Waals surface area contributed by atoms with Crippen molar-refractivity contribution in [1.29, 1.82) is 0 Å². The number of hydrogen-bond acceptors (Lipinski definition) is 6. The Morgan fingerprint density at radius 3 is 2.15 bits per heavy atom. The molecule has 1 aliphatic heterocycles. The maximum atomic E-state index is 11.3. The highest BCUT2D eigenvalue weighted by molar-refractivity contribution is 5.77. The maximum Gasteiger partial charge on any atom is 0.201 e. The first-order valence-electron chi connectivity index (χ1n) is 13.7. The molecule has 210 valence electrons. The smallest absolute Gasteiger partial charge is 0.201 e. The third-order valence-corrected chi connectivity index (χ3v) is 7.51. The van der Waals surface area contributed by atoms with Crippen LogP contribution in [-0.2, 0) is 19.3 Å². The highest BCUT2D eigenvalue weighted by Crippen LogP contribution is 2.54. The van der Waals surface area contributed by atoms with Gasteiger partial charge in [0, 0.05) is 16.7 Å². The van der Waals surface area contributed by atoms with E-state index in [4.69, 9.17) is 9.47 Å². The summed E-state index contributed by atoms with van der Waals surface area (Å²) in [6.07, 6.45) is 4.89. The molecule has 0 aromatic heterocycles. The molecular formula is C35H34O6. The summed E-state index contributed by atoms with van der Waals surface area (Å²) in [6, 6.07) is 19.8. The number of allylic oxidation sites excluding steroid dienone is 2. The molecule has 4 aromatic carbocycles. The fraction of sp³-hybridized carbons (Fsp3) is 0.200. The number of fused-ring (bicyclic) bond motifs is 1. The van der Waals surface area contributed by atoms with E-state index in [1.165, 1.54) is 0 Å². The molecule has 41 heavy (non-hydrogen) atoms. The minimum atomic E-state index is -0.694. The van der Waals surface area contributed by atoms with Gasteiger partial charge < -0.3 is 29.9 Å². The lowest BCUT2D eigenvalue weighted by molar-refractivity contribution is 0.121. The van der Waals surface area contributed by atoms with E-state index >= 15 is 0 Å². The average Bonchev–Trinajstić information content (AvgIpc) is 3.38. The zero-order valence-corrected chi connectivity index (χ0v) is 23.0. The Labute approximate surface area is 240 Å². The van der Waals surface area contributed by atoms with Crippen LogP contribution in [0.5, 0.6) is 34.5 Å². The number of aryl methyl sites for hydroxylation is 1. The summed E-state index contributed by atoms with van der Waals surface area (Å²) in [6.45, 7) is 9.39. The van der Waals surface area contributed by atoms with E-state index in [-0.39, 0.29) is 35.4 Å². The summed E-state index contributed by atoms with van der Waals surface area (Å²) in [7, 11) is 0. The Kier molecular flexibility index (Phi) is 8.04. The summed E-state index contributed by atoms with van der Waals surface area (Å²) >= 11 is 0. The van der Waals surface area contributed by atoms with Gasteiger partial charge in [-0.05, 0) is 84.0 Å². The van der Waals surface area contributed by atoms with Gasteiger partial charge in [-0.3, -0.25) is 0 Å². The van der Waals surface area contributed by atoms with Crippen LogP contribution in [0.25, 0.3) is 11.1 Å². The molecule has 1 aliphatic rings. The van der Waals surface area contributed by atoms with E-state index in [0.717, 1.165) is 40.7 Å². The van der Waals surface area contributed by atoms with Crippen LogP contribution < -0.4 is 9.47 Å². The molecule has 0 saturated heterocycles. The van der Waals surface area contributed by atoms with Gasteiger partial charge in [-0.1, -0.05) is 43.3 Å². The second kappa shape index (κ2) is 11.8. The molecule has 0 aliphatic carbocycles. The fourth-order valence-corrected chi connectivity index (χ4v) is 5.45. The largest absolute Gasteiger partial charge is 0.507 e. The quantitative estimate of drug-likeness (QED) is 0.156. The molecule has 0 bridgehead atoms. The van der Waals surface area contributed by atoms with E-state index < -0.39 is 12.0 Å². The van der Waals surface area contributed by atoms with Gasteiger partial charge in [-0.15, -0.1) is 13.2 Å². The highest BCUT2D eigenvalue weighted by Gasteiger charge is 2.40. The van der Waals surface area contributed by atoms with Crippen molar-refractivity contribution in [3.8, 4) is 45.6 Å². The van der Waals surface area contributed by atoms with Gasteiger partial charge in [0.05, 0.1) is 12.5 Å². The number of hydrogen-bond donors (Lipinski definition) is 4. The van der Waals surface area contributed by atoms with Gasteiger partial charge in [-0.2, -0.15) is 0 Å². The second-order valence-corrected chi connectivity index (χ2v) is 10.2. The minimum Gasteiger partial charge on any atom is -0.507 e. The SMILES string of the molecule is C=CCc1ccc(Oc2cc(CC=C)c3c(c2O)O[C@@H](CO)[C@H]3c2ccc(O)c(-c3cc(CC)ccc3O)c2)cc1. The zero-order chi connectivity index (χ0) is 29.1. The number of aromatic hydroxyl groups is 3. The van der Waals surface area contributed by atoms with Crippen molar-refractivity contribution in [3.05, 3.63) is 120 Å². The highest BCUT2D eigenvalue weighted by atomic mass is 16.5. The van der Waals surface area contributed by atoms with E-state index in [1.54, 1.807) is 36.4 Å². The van der Waals surface area contributed by atoms with Crippen LogP contribution in [-0.4, -0.2) is 33.1 Å². The Bertz CT molecular complexity index is 1590. The normalized spacial score (nSPS) is 15.7. The van der Waals surface area contributed by atoms with Crippen LogP contribution in [0.1, 0.15) is 40.7 Å². The summed E-state index contributed by atoms with van der Waals surface area (Å²) < 4.78 is 12.2. The van der Waals surface area contributed by atoms with E-state index in [0.29, 0.717) is 23.3 Å². The van der Waals surface area contributed by atoms with Gasteiger partial charge in [0.2, 0.25) is 5.75 Å². The molecule has 0 spiro atoms. The Morgan fingerprint density at radius 1 is 0.829 bits per heavy atom. The molecule has 0 unspecified atom stereocenters. The molecule has 2 atom stereocenters. The van der Waals surface area contributed by atoms with Crippen molar-refractivity contribution in [2.24, 2.45) is 0 Å². The Hall–Kier alpha value is -4.68. The van der Waals surface area contributed by atoms with Gasteiger partial charge in [0.25, 0.3) is 0 Å². The molecular weight excluding hydrogens is 516 g/mol. The van der Waals surface area contributed by atoms with Crippen LogP contribution in [0.2, 0.25) is 0 Å². The van der Waals surface area contributed by atoms with Crippen LogP contribution >= 0.6 is 0 Å². The number of aliphatic hydroxyl groups excluding tert-OH is 1. The van der Waals surface area contributed by atoms with Gasteiger partial charge in [-0.25, -0.2) is 0 Å². The predicted molar refractivity (Wildman–Crippen MR) is 160 cm³/mol. The number of benzene rings is 4. The molecule has 4 N–H and O–H groups in total. The molecule has 6 nitrogen and oxygen atoms in total. The van der Waals surface area contributed by atoms with Crippen LogP contribution in [0.4, 0.5) is 0 Å². The van der Waals surface area contributed by atoms with E-state index in [2.05, 4.69) is 13.2 Å². The maximum absolute atomic E-state index is 11.3. The molecule has 0 radical (unpaired) electrons. The lowest BCUT2D eigenvalue weighted by Gasteiger charge is -2.20. The summed E-state index contributed by atoms with van der Waals surface area (Å²) in [5.74, 6) is 0.507. The lowest BCUT2D eigenvalue weighted by atomic mass is 9.83. The fourth-order valence-electron chi connectivity index (χ4n) is 5.45. The summed E-state index contributed by atoms with van der Waals surface area (Å²) in [5, 5.41) is 43.1. The monoisotopic (exact) mass is 550 g/mol. The van der Waals surface area contributed by atoms with Crippen molar-refractivity contribution < 1.29 is 29.9 Å². The van der Waals surface area contributed by atoms with E-state index in [1.807, 2.05) is 49.4 Å². The Morgan fingerprint density at radius 2 is 1.49 bits per heavy atom. The summed E-state index contributed by atoms with van der Waals surface area (Å²) in [4.78, 5) is 0. The van der Waals surface area contributed by atoms with Gasteiger partial charge >= 0.3 is 0 Å². The predicted octanol–water partition coefficient (Wildman–Crippen LogP) is 7.17. The molecule has 1 heterocycles. The third-order valence-electron chi connectivity index (χ3n) is 7.51. The van der Waals surface area contributed by atoms with Crippen molar-refractivity contribution in [1.82, 2.24) is 0 Å². The number of phenols is 3. The Balaban J connectivity index is 1.60. The zero-order valence-electron chi connectivity index (χ0n) is 23.0. The molecule has 5 rings (SSSR count). The molecule has 6 heteroatoms. The molecule has 0 amide bonds. The topological polar surface area (TPSA) is 99.4 Å². The number of phenolic OH excluding ortho intramolecular Hbond substituents is 3. The number of aliphatic hydroxyl groups is 1.